The number of anilines is 2. The van der Waals surface area contributed by atoms with Crippen molar-refractivity contribution in [1.82, 2.24) is 25.3 Å². The number of hydrogen-bond acceptors (Lipinski definition) is 10. The van der Waals surface area contributed by atoms with E-state index >= 15 is 0 Å². The largest absolute Gasteiger partial charge is 0.471 e. The molecule has 2 amide bonds. The molecule has 2 aromatic heterocycles. The van der Waals surface area contributed by atoms with E-state index in [1.165, 1.54) is 0 Å². The van der Waals surface area contributed by atoms with E-state index in [2.05, 4.69) is 30.0 Å². The summed E-state index contributed by atoms with van der Waals surface area (Å²) in [4.78, 5) is 62.3. The predicted octanol–water partition coefficient (Wildman–Crippen LogP) is -0.379. The van der Waals surface area contributed by atoms with Crippen LogP contribution in [0.25, 0.3) is 11.2 Å². The van der Waals surface area contributed by atoms with Crippen molar-refractivity contribution in [2.75, 3.05) is 24.3 Å². The molecule has 0 saturated carbocycles. The molecule has 1 aromatic carbocycles. The van der Waals surface area contributed by atoms with Crippen molar-refractivity contribution in [2.24, 2.45) is 5.73 Å². The van der Waals surface area contributed by atoms with Crippen LogP contribution in [0, 0.1) is 0 Å². The molecule has 13 nitrogen and oxygen atoms in total. The summed E-state index contributed by atoms with van der Waals surface area (Å²) in [6.45, 7) is -0.962. The maximum atomic E-state index is 13.3. The lowest BCUT2D eigenvalue weighted by Gasteiger charge is -2.24. The lowest BCUT2D eigenvalue weighted by Crippen LogP contribution is -2.46. The fourth-order valence-electron chi connectivity index (χ4n) is 3.03. The number of benzene rings is 1. The number of alkyl halides is 3. The van der Waals surface area contributed by atoms with Gasteiger partial charge in [-0.1, -0.05) is 0 Å². The number of rotatable bonds is 7. The molecule has 3 rings (SSSR count). The van der Waals surface area contributed by atoms with E-state index in [1.54, 1.807) is 0 Å². The van der Waals surface area contributed by atoms with Crippen molar-refractivity contribution in [1.29, 1.82) is 0 Å². The van der Waals surface area contributed by atoms with Crippen molar-refractivity contribution in [3.8, 4) is 0 Å². The summed E-state index contributed by atoms with van der Waals surface area (Å²) in [7, 11) is 1.11. The number of aromatic amines is 1. The molecule has 3 aromatic rings. The summed E-state index contributed by atoms with van der Waals surface area (Å²) in [6.07, 6.45) is -4.20. The molecule has 16 heteroatoms. The van der Waals surface area contributed by atoms with Crippen LogP contribution in [-0.2, 0) is 20.9 Å². The molecule has 36 heavy (non-hydrogen) atoms. The van der Waals surface area contributed by atoms with E-state index in [0.29, 0.717) is 4.90 Å². The van der Waals surface area contributed by atoms with Crippen LogP contribution in [-0.4, -0.2) is 63.6 Å². The highest BCUT2D eigenvalue weighted by Gasteiger charge is 2.43. The first-order valence-corrected chi connectivity index (χ1v) is 10.0. The lowest BCUT2D eigenvalue weighted by atomic mass is 10.1. The van der Waals surface area contributed by atoms with Crippen LogP contribution < -0.4 is 27.2 Å². The monoisotopic (exact) mass is 508 g/mol. The summed E-state index contributed by atoms with van der Waals surface area (Å²) < 4.78 is 44.5. The molecule has 0 spiro atoms. The van der Waals surface area contributed by atoms with Gasteiger partial charge >= 0.3 is 18.1 Å². The van der Waals surface area contributed by atoms with Gasteiger partial charge < -0.3 is 21.5 Å². The van der Waals surface area contributed by atoms with Crippen molar-refractivity contribution >= 4 is 40.6 Å². The van der Waals surface area contributed by atoms with E-state index < -0.39 is 42.1 Å². The fraction of sp³-hybridized carbons (Fsp3) is 0.250. The Balaban J connectivity index is 1.91. The minimum absolute atomic E-state index is 0.0267. The molecule has 0 aliphatic heterocycles. The highest BCUT2D eigenvalue weighted by Crippen LogP contribution is 2.26. The minimum atomic E-state index is -5.25. The standard InChI is InChI=1S/C20H19F3N8O5/c1-36-17(34)12(6-24)28-15(32)9-2-4-11(5-3-9)31(18(35)20(21,22)23)8-10-7-26-14-13(27-10)16(33)30-19(25)29-14/h2-5,7,12H,6,8,24H2,1H3,(H,28,32)(H3,25,26,29,30,33)/t12-/m0/s1. The normalized spacial score (nSPS) is 12.1. The van der Waals surface area contributed by atoms with Crippen molar-refractivity contribution in [2.45, 2.75) is 18.8 Å². The molecule has 190 valence electrons. The van der Waals surface area contributed by atoms with E-state index in [-0.39, 0.29) is 40.6 Å². The Morgan fingerprint density at radius 1 is 1.19 bits per heavy atom. The molecule has 0 saturated heterocycles. The lowest BCUT2D eigenvalue weighted by molar-refractivity contribution is -0.170. The number of carbonyl (C=O) groups excluding carboxylic acids is 3. The van der Waals surface area contributed by atoms with Gasteiger partial charge in [-0.25, -0.2) is 14.8 Å². The average Bonchev–Trinajstić information content (AvgIpc) is 2.84. The zero-order valence-electron chi connectivity index (χ0n) is 18.5. The maximum absolute atomic E-state index is 13.3. The van der Waals surface area contributed by atoms with Crippen LogP contribution in [0.3, 0.4) is 0 Å². The number of hydrogen-bond donors (Lipinski definition) is 4. The summed E-state index contributed by atoms with van der Waals surface area (Å²) in [5.74, 6) is -3.98. The van der Waals surface area contributed by atoms with Gasteiger partial charge in [0.25, 0.3) is 11.5 Å². The van der Waals surface area contributed by atoms with E-state index in [1.807, 2.05) is 0 Å². The average molecular weight is 508 g/mol. The van der Waals surface area contributed by atoms with E-state index in [9.17, 15) is 32.3 Å². The minimum Gasteiger partial charge on any atom is -0.467 e. The SMILES string of the molecule is COC(=O)[C@H](CN)NC(=O)c1ccc(N(Cc2cnc3nc(N)[nH]c(=O)c3n2)C(=O)C(F)(F)F)cc1. The number of esters is 1. The second kappa shape index (κ2) is 10.3. The summed E-state index contributed by atoms with van der Waals surface area (Å²) in [5, 5.41) is 2.33. The number of nitrogens with zero attached hydrogens (tertiary/aromatic N) is 4. The number of amides is 2. The van der Waals surface area contributed by atoms with Gasteiger partial charge in [-0.2, -0.15) is 18.2 Å². The number of halogens is 3. The van der Waals surface area contributed by atoms with Crippen LogP contribution >= 0.6 is 0 Å². The molecule has 0 fully saturated rings. The van der Waals surface area contributed by atoms with Gasteiger partial charge in [0.1, 0.15) is 6.04 Å². The fourth-order valence-corrected chi connectivity index (χ4v) is 3.03. The van der Waals surface area contributed by atoms with Crippen LogP contribution in [0.1, 0.15) is 16.1 Å². The third-order valence-corrected chi connectivity index (χ3v) is 4.76. The Morgan fingerprint density at radius 2 is 1.86 bits per heavy atom. The van der Waals surface area contributed by atoms with Crippen LogP contribution in [0.15, 0.2) is 35.3 Å². The van der Waals surface area contributed by atoms with E-state index in [4.69, 9.17) is 11.5 Å². The van der Waals surface area contributed by atoms with Crippen molar-refractivity contribution < 1.29 is 32.3 Å². The van der Waals surface area contributed by atoms with Crippen LogP contribution in [0.5, 0.6) is 0 Å². The first-order chi connectivity index (χ1) is 16.9. The van der Waals surface area contributed by atoms with Gasteiger partial charge in [-0.05, 0) is 24.3 Å². The van der Waals surface area contributed by atoms with Gasteiger partial charge in [0, 0.05) is 17.8 Å². The Morgan fingerprint density at radius 3 is 2.44 bits per heavy atom. The highest BCUT2D eigenvalue weighted by molar-refractivity contribution is 5.99. The number of nitrogens with two attached hydrogens (primary N) is 2. The zero-order valence-corrected chi connectivity index (χ0v) is 18.5. The quantitative estimate of drug-likeness (QED) is 0.305. The Labute approximate surface area is 199 Å². The Kier molecular flexibility index (Phi) is 7.47. The third-order valence-electron chi connectivity index (χ3n) is 4.76. The molecule has 0 aliphatic carbocycles. The summed E-state index contributed by atoms with van der Waals surface area (Å²) >= 11 is 0. The maximum Gasteiger partial charge on any atom is 0.471 e. The second-order valence-electron chi connectivity index (χ2n) is 7.21. The molecule has 2 heterocycles. The second-order valence-corrected chi connectivity index (χ2v) is 7.21. The predicted molar refractivity (Wildman–Crippen MR) is 118 cm³/mol. The third kappa shape index (κ3) is 5.72. The van der Waals surface area contributed by atoms with Crippen LogP contribution in [0.4, 0.5) is 24.8 Å². The van der Waals surface area contributed by atoms with Gasteiger partial charge in [0.2, 0.25) is 5.95 Å². The van der Waals surface area contributed by atoms with Gasteiger partial charge in [-0.15, -0.1) is 0 Å². The molecule has 0 bridgehead atoms. The molecule has 0 radical (unpaired) electrons. The number of H-pyrrole nitrogens is 1. The number of fused-ring (bicyclic) bond motifs is 1. The van der Waals surface area contributed by atoms with Gasteiger partial charge in [0.15, 0.2) is 11.2 Å². The number of methoxy groups -OCH3 is 1. The highest BCUT2D eigenvalue weighted by atomic mass is 19.4. The number of nitrogens with one attached hydrogen (secondary N) is 2. The summed E-state index contributed by atoms with van der Waals surface area (Å²) in [5.41, 5.74) is 9.26. The number of ether oxygens (including phenoxy) is 1. The topological polar surface area (TPSA) is 199 Å². The van der Waals surface area contributed by atoms with Gasteiger partial charge in [0.05, 0.1) is 25.5 Å². The van der Waals surface area contributed by atoms with Crippen LogP contribution in [0.2, 0.25) is 0 Å². The summed E-state index contributed by atoms with van der Waals surface area (Å²) in [6, 6.07) is 3.35. The molecule has 0 unspecified atom stereocenters. The molecule has 6 N–H and O–H groups in total. The zero-order chi connectivity index (χ0) is 26.6. The van der Waals surface area contributed by atoms with E-state index in [0.717, 1.165) is 37.6 Å². The van der Waals surface area contributed by atoms with Crippen molar-refractivity contribution in [3.05, 3.63) is 52.1 Å². The first-order valence-electron chi connectivity index (χ1n) is 10.0. The Bertz CT molecular complexity index is 1360. The van der Waals surface area contributed by atoms with Gasteiger partial charge in [-0.3, -0.25) is 24.3 Å². The Hall–Kier alpha value is -4.60. The smallest absolute Gasteiger partial charge is 0.467 e. The first kappa shape index (κ1) is 26.0. The molecule has 1 atom stereocenters. The number of nitrogen functional groups attached to an aromatic ring is 1. The molecule has 0 aliphatic rings. The number of carbonyl (C=O) groups is 3. The molecular weight excluding hydrogens is 489 g/mol. The van der Waals surface area contributed by atoms with Crippen molar-refractivity contribution in [3.63, 3.8) is 0 Å². The molecular formula is C20H19F3N8O5. The number of aromatic nitrogens is 4.